The first-order chi connectivity index (χ1) is 8.16. The molecule has 17 heavy (non-hydrogen) atoms. The van der Waals surface area contributed by atoms with Crippen LogP contribution in [0.4, 0.5) is 14.7 Å². The molecule has 2 aromatic heterocycles. The van der Waals surface area contributed by atoms with E-state index >= 15 is 0 Å². The predicted molar refractivity (Wildman–Crippen MR) is 56.6 cm³/mol. The van der Waals surface area contributed by atoms with Gasteiger partial charge in [0.2, 0.25) is 5.95 Å². The third-order valence-corrected chi connectivity index (χ3v) is 1.86. The van der Waals surface area contributed by atoms with Crippen molar-refractivity contribution in [1.29, 1.82) is 0 Å². The van der Waals surface area contributed by atoms with Crippen LogP contribution in [-0.2, 0) is 0 Å². The Kier molecular flexibility index (Phi) is 2.92. The van der Waals surface area contributed by atoms with E-state index in [2.05, 4.69) is 26.8 Å². The molecule has 2 rings (SSSR count). The van der Waals surface area contributed by atoms with Gasteiger partial charge in [0.05, 0.1) is 23.5 Å². The fraction of sp³-hybridized carbons (Fsp3) is 0. The van der Waals surface area contributed by atoms with E-state index < -0.39 is 11.6 Å². The topological polar surface area (TPSA) is 64.7 Å². The molecule has 0 bridgehead atoms. The van der Waals surface area contributed by atoms with Crippen molar-refractivity contribution in [2.75, 3.05) is 5.73 Å². The quantitative estimate of drug-likeness (QED) is 0.691. The molecule has 4 nitrogen and oxygen atoms in total. The summed E-state index contributed by atoms with van der Waals surface area (Å²) in [5, 5.41) is 0. The summed E-state index contributed by atoms with van der Waals surface area (Å²) < 4.78 is 26.3. The van der Waals surface area contributed by atoms with Crippen LogP contribution in [0, 0.1) is 23.5 Å². The minimum atomic E-state index is -0.811. The summed E-state index contributed by atoms with van der Waals surface area (Å²) in [6, 6.07) is 0. The standard InChI is InChI=1S/C11H6F2N4/c12-9-5-15-6-10(13)8(9)2-1-7-3-16-11(14)17-4-7/h3-6H,(H2,14,16,17). The van der Waals surface area contributed by atoms with Gasteiger partial charge in [-0.3, -0.25) is 4.98 Å². The highest BCUT2D eigenvalue weighted by Gasteiger charge is 2.05. The van der Waals surface area contributed by atoms with Crippen molar-refractivity contribution in [1.82, 2.24) is 15.0 Å². The molecule has 0 aromatic carbocycles. The van der Waals surface area contributed by atoms with Gasteiger partial charge in [0.15, 0.2) is 11.6 Å². The largest absolute Gasteiger partial charge is 0.368 e. The van der Waals surface area contributed by atoms with Gasteiger partial charge in [-0.1, -0.05) is 11.8 Å². The van der Waals surface area contributed by atoms with Gasteiger partial charge in [-0.05, 0) is 0 Å². The first-order valence-corrected chi connectivity index (χ1v) is 4.55. The Morgan fingerprint density at radius 2 is 1.53 bits per heavy atom. The Hall–Kier alpha value is -2.55. The Bertz CT molecular complexity index is 579. The number of hydrogen-bond acceptors (Lipinski definition) is 4. The summed E-state index contributed by atoms with van der Waals surface area (Å²) in [5.74, 6) is 3.37. The zero-order chi connectivity index (χ0) is 12.3. The van der Waals surface area contributed by atoms with Crippen LogP contribution in [-0.4, -0.2) is 15.0 Å². The molecule has 84 valence electrons. The molecule has 0 radical (unpaired) electrons. The molecule has 0 fully saturated rings. The number of rotatable bonds is 0. The van der Waals surface area contributed by atoms with E-state index in [9.17, 15) is 8.78 Å². The smallest absolute Gasteiger partial charge is 0.219 e. The van der Waals surface area contributed by atoms with Gasteiger partial charge in [-0.25, -0.2) is 18.7 Å². The number of hydrogen-bond donors (Lipinski definition) is 1. The first-order valence-electron chi connectivity index (χ1n) is 4.55. The molecule has 0 amide bonds. The summed E-state index contributed by atoms with van der Waals surface area (Å²) >= 11 is 0. The van der Waals surface area contributed by atoms with E-state index in [-0.39, 0.29) is 11.5 Å². The lowest BCUT2D eigenvalue weighted by molar-refractivity contribution is 0.567. The molecule has 2 heterocycles. The first kappa shape index (κ1) is 11.0. The van der Waals surface area contributed by atoms with Crippen LogP contribution in [0.5, 0.6) is 0 Å². The normalized spacial score (nSPS) is 9.53. The van der Waals surface area contributed by atoms with Crippen LogP contribution in [0.2, 0.25) is 0 Å². The molecular weight excluding hydrogens is 226 g/mol. The molecule has 0 aliphatic heterocycles. The highest BCUT2D eigenvalue weighted by molar-refractivity contribution is 5.42. The van der Waals surface area contributed by atoms with E-state index in [0.717, 1.165) is 12.4 Å². The van der Waals surface area contributed by atoms with E-state index in [1.807, 2.05) is 0 Å². The Balaban J connectivity index is 2.36. The predicted octanol–water partition coefficient (Wildman–Crippen LogP) is 1.13. The molecule has 0 atom stereocenters. The van der Waals surface area contributed by atoms with Gasteiger partial charge in [0.25, 0.3) is 0 Å². The van der Waals surface area contributed by atoms with Gasteiger partial charge in [-0.2, -0.15) is 0 Å². The van der Waals surface area contributed by atoms with Gasteiger partial charge < -0.3 is 5.73 Å². The van der Waals surface area contributed by atoms with E-state index in [4.69, 9.17) is 5.73 Å². The molecule has 2 N–H and O–H groups in total. The van der Waals surface area contributed by atoms with Crippen LogP contribution in [0.1, 0.15) is 11.1 Å². The van der Waals surface area contributed by atoms with Crippen molar-refractivity contribution >= 4 is 5.95 Å². The molecule has 0 saturated carbocycles. The van der Waals surface area contributed by atoms with Crippen LogP contribution >= 0.6 is 0 Å². The van der Waals surface area contributed by atoms with Crippen molar-refractivity contribution in [3.8, 4) is 11.8 Å². The van der Waals surface area contributed by atoms with Crippen molar-refractivity contribution in [3.05, 3.63) is 47.5 Å². The number of nitrogen functional groups attached to an aromatic ring is 1. The monoisotopic (exact) mass is 232 g/mol. The fourth-order valence-electron chi connectivity index (χ4n) is 1.07. The second-order valence-electron chi connectivity index (χ2n) is 3.06. The molecular formula is C11H6F2N4. The Labute approximate surface area is 95.5 Å². The maximum atomic E-state index is 13.2. The lowest BCUT2D eigenvalue weighted by Crippen LogP contribution is -1.94. The number of pyridine rings is 1. The molecule has 2 aromatic rings. The average Bonchev–Trinajstić information content (AvgIpc) is 2.31. The molecule has 0 saturated heterocycles. The van der Waals surface area contributed by atoms with Crippen LogP contribution in [0.3, 0.4) is 0 Å². The zero-order valence-corrected chi connectivity index (χ0v) is 8.48. The SMILES string of the molecule is Nc1ncc(C#Cc2c(F)cncc2F)cn1. The minimum absolute atomic E-state index is 0.108. The average molecular weight is 232 g/mol. The number of nitrogens with two attached hydrogens (primary N) is 1. The Morgan fingerprint density at radius 3 is 2.12 bits per heavy atom. The molecule has 0 aliphatic carbocycles. The third-order valence-electron chi connectivity index (χ3n) is 1.86. The van der Waals surface area contributed by atoms with E-state index in [1.54, 1.807) is 0 Å². The van der Waals surface area contributed by atoms with Gasteiger partial charge >= 0.3 is 0 Å². The molecule has 0 unspecified atom stereocenters. The summed E-state index contributed by atoms with van der Waals surface area (Å²) in [6.07, 6.45) is 4.53. The fourth-order valence-corrected chi connectivity index (χ4v) is 1.07. The van der Waals surface area contributed by atoms with Gasteiger partial charge in [0, 0.05) is 12.4 Å². The number of halogens is 2. The lowest BCUT2D eigenvalue weighted by Gasteiger charge is -1.94. The second kappa shape index (κ2) is 4.53. The Morgan fingerprint density at radius 1 is 0.941 bits per heavy atom. The maximum Gasteiger partial charge on any atom is 0.219 e. The van der Waals surface area contributed by atoms with Crippen LogP contribution < -0.4 is 5.73 Å². The van der Waals surface area contributed by atoms with Gasteiger partial charge in [0.1, 0.15) is 0 Å². The summed E-state index contributed by atoms with van der Waals surface area (Å²) in [7, 11) is 0. The summed E-state index contributed by atoms with van der Waals surface area (Å²) in [6.45, 7) is 0. The highest BCUT2D eigenvalue weighted by atomic mass is 19.1. The lowest BCUT2D eigenvalue weighted by atomic mass is 10.2. The molecule has 6 heteroatoms. The van der Waals surface area contributed by atoms with Crippen molar-refractivity contribution in [2.24, 2.45) is 0 Å². The summed E-state index contributed by atoms with van der Waals surface area (Å²) in [4.78, 5) is 10.8. The second-order valence-corrected chi connectivity index (χ2v) is 3.06. The number of aromatic nitrogens is 3. The third kappa shape index (κ3) is 2.52. The van der Waals surface area contributed by atoms with Crippen molar-refractivity contribution in [3.63, 3.8) is 0 Å². The van der Waals surface area contributed by atoms with Crippen molar-refractivity contribution in [2.45, 2.75) is 0 Å². The zero-order valence-electron chi connectivity index (χ0n) is 8.48. The van der Waals surface area contributed by atoms with Crippen molar-refractivity contribution < 1.29 is 8.78 Å². The van der Waals surface area contributed by atoms with E-state index in [0.29, 0.717) is 5.56 Å². The number of nitrogens with zero attached hydrogens (tertiary/aromatic N) is 3. The molecule has 0 spiro atoms. The minimum Gasteiger partial charge on any atom is -0.368 e. The van der Waals surface area contributed by atoms with E-state index in [1.165, 1.54) is 12.4 Å². The van der Waals surface area contributed by atoms with Gasteiger partial charge in [-0.15, -0.1) is 0 Å². The molecule has 0 aliphatic rings. The highest BCUT2D eigenvalue weighted by Crippen LogP contribution is 2.08. The van der Waals surface area contributed by atoms with Crippen LogP contribution in [0.25, 0.3) is 0 Å². The van der Waals surface area contributed by atoms with Crippen LogP contribution in [0.15, 0.2) is 24.8 Å². The number of anilines is 1. The maximum absolute atomic E-state index is 13.2. The summed E-state index contributed by atoms with van der Waals surface area (Å²) in [5.41, 5.74) is 5.36.